The second-order valence-electron chi connectivity index (χ2n) is 6.07. The number of aliphatic hydroxyl groups is 1. The van der Waals surface area contributed by atoms with Crippen molar-refractivity contribution in [3.05, 3.63) is 63.8 Å². The van der Waals surface area contributed by atoms with Crippen molar-refractivity contribution >= 4 is 60.6 Å². The van der Waals surface area contributed by atoms with Crippen molar-refractivity contribution in [3.8, 4) is 5.75 Å². The SMILES string of the molecule is O=C(CNc1cccc2ncccc12)N/N=C/c1cc(Br)c(CO)c(CBr)c1O. The number of rotatable bonds is 7. The number of phenols is 1. The summed E-state index contributed by atoms with van der Waals surface area (Å²) in [4.78, 5) is 16.4. The molecule has 2 aromatic carbocycles. The van der Waals surface area contributed by atoms with E-state index in [-0.39, 0.29) is 24.8 Å². The van der Waals surface area contributed by atoms with Gasteiger partial charge in [0.2, 0.25) is 0 Å². The van der Waals surface area contributed by atoms with E-state index in [0.29, 0.717) is 26.5 Å². The number of amides is 1. The summed E-state index contributed by atoms with van der Waals surface area (Å²) < 4.78 is 0.645. The molecule has 0 fully saturated rings. The normalized spacial score (nSPS) is 11.1. The molecule has 0 aliphatic carbocycles. The first-order valence-electron chi connectivity index (χ1n) is 8.64. The molecule has 0 unspecified atom stereocenters. The molecule has 0 bridgehead atoms. The predicted molar refractivity (Wildman–Crippen MR) is 120 cm³/mol. The number of fused-ring (bicyclic) bond motifs is 1. The van der Waals surface area contributed by atoms with Crippen LogP contribution in [0.5, 0.6) is 5.75 Å². The van der Waals surface area contributed by atoms with Gasteiger partial charge in [0.25, 0.3) is 5.91 Å². The number of nitrogens with one attached hydrogen (secondary N) is 2. The number of hydrogen-bond acceptors (Lipinski definition) is 6. The number of halogens is 2. The molecule has 3 rings (SSSR count). The minimum Gasteiger partial charge on any atom is -0.507 e. The molecule has 0 spiro atoms. The zero-order chi connectivity index (χ0) is 20.8. The van der Waals surface area contributed by atoms with E-state index < -0.39 is 0 Å². The Balaban J connectivity index is 1.65. The fourth-order valence-electron chi connectivity index (χ4n) is 2.81. The molecule has 0 aliphatic rings. The summed E-state index contributed by atoms with van der Waals surface area (Å²) in [6.07, 6.45) is 3.07. The van der Waals surface area contributed by atoms with E-state index in [1.807, 2.05) is 30.3 Å². The van der Waals surface area contributed by atoms with E-state index in [9.17, 15) is 15.0 Å². The highest BCUT2D eigenvalue weighted by Crippen LogP contribution is 2.33. The van der Waals surface area contributed by atoms with Gasteiger partial charge in [-0.1, -0.05) is 37.9 Å². The highest BCUT2D eigenvalue weighted by molar-refractivity contribution is 9.10. The molecule has 9 heteroatoms. The zero-order valence-electron chi connectivity index (χ0n) is 15.2. The third-order valence-electron chi connectivity index (χ3n) is 4.26. The molecule has 1 amide bonds. The number of benzene rings is 2. The van der Waals surface area contributed by atoms with Gasteiger partial charge in [0, 0.05) is 38.2 Å². The minimum atomic E-state index is -0.339. The maximum absolute atomic E-state index is 12.1. The van der Waals surface area contributed by atoms with Crippen LogP contribution >= 0.6 is 31.9 Å². The number of phenolic OH excluding ortho intramolecular Hbond substituents is 1. The van der Waals surface area contributed by atoms with Gasteiger partial charge >= 0.3 is 0 Å². The summed E-state index contributed by atoms with van der Waals surface area (Å²) in [6, 6.07) is 11.0. The summed E-state index contributed by atoms with van der Waals surface area (Å²) in [6.45, 7) is -0.185. The Kier molecular flexibility index (Phi) is 7.18. The van der Waals surface area contributed by atoms with Crippen LogP contribution in [0.2, 0.25) is 0 Å². The maximum Gasteiger partial charge on any atom is 0.259 e. The quantitative estimate of drug-likeness (QED) is 0.216. The Bertz CT molecular complexity index is 1070. The average Bonchev–Trinajstić information content (AvgIpc) is 2.74. The van der Waals surface area contributed by atoms with Crippen molar-refractivity contribution in [2.75, 3.05) is 11.9 Å². The predicted octanol–water partition coefficient (Wildman–Crippen LogP) is 3.65. The molecule has 1 aromatic heterocycles. The van der Waals surface area contributed by atoms with Gasteiger partial charge in [0.1, 0.15) is 5.75 Å². The molecule has 0 atom stereocenters. The number of alkyl halides is 1. The standard InChI is InChI=1S/C20H18Br2N4O3/c21-8-14-15(11-27)16(22)7-12(20(14)29)9-25-26-19(28)10-24-18-5-1-4-17-13(18)3-2-6-23-17/h1-7,9,24,27,29H,8,10-11H2,(H,26,28)/b25-9+. The molecule has 150 valence electrons. The lowest BCUT2D eigenvalue weighted by Crippen LogP contribution is -2.26. The summed E-state index contributed by atoms with van der Waals surface area (Å²) in [5.41, 5.74) is 5.63. The number of anilines is 1. The number of aliphatic hydroxyl groups excluding tert-OH is 1. The Labute approximate surface area is 184 Å². The van der Waals surface area contributed by atoms with Crippen LogP contribution in [0.15, 0.2) is 52.2 Å². The first-order valence-corrected chi connectivity index (χ1v) is 10.6. The Morgan fingerprint density at radius 2 is 2.07 bits per heavy atom. The number of carbonyl (C=O) groups excluding carboxylic acids is 1. The molecule has 4 N–H and O–H groups in total. The van der Waals surface area contributed by atoms with E-state index >= 15 is 0 Å². The number of pyridine rings is 1. The highest BCUT2D eigenvalue weighted by atomic mass is 79.9. The Morgan fingerprint density at radius 1 is 1.24 bits per heavy atom. The zero-order valence-corrected chi connectivity index (χ0v) is 18.4. The molecule has 0 aliphatic heterocycles. The van der Waals surface area contributed by atoms with E-state index in [2.05, 4.69) is 52.7 Å². The Hall–Kier alpha value is -2.49. The number of carbonyl (C=O) groups is 1. The fraction of sp³-hybridized carbons (Fsp3) is 0.150. The van der Waals surface area contributed by atoms with Gasteiger partial charge in [-0.2, -0.15) is 5.10 Å². The van der Waals surface area contributed by atoms with Crippen molar-refractivity contribution in [1.29, 1.82) is 0 Å². The van der Waals surface area contributed by atoms with Crippen molar-refractivity contribution in [2.24, 2.45) is 5.10 Å². The third-order valence-corrected chi connectivity index (χ3v) is 5.53. The van der Waals surface area contributed by atoms with Crippen LogP contribution < -0.4 is 10.7 Å². The number of aromatic hydroxyl groups is 1. The van der Waals surface area contributed by atoms with Crippen LogP contribution in [-0.4, -0.2) is 33.9 Å². The number of aromatic nitrogens is 1. The molecule has 3 aromatic rings. The van der Waals surface area contributed by atoms with Crippen molar-refractivity contribution < 1.29 is 15.0 Å². The first-order chi connectivity index (χ1) is 14.0. The monoisotopic (exact) mass is 520 g/mol. The number of hydrogen-bond donors (Lipinski definition) is 4. The largest absolute Gasteiger partial charge is 0.507 e. The number of hydrazone groups is 1. The summed E-state index contributed by atoms with van der Waals surface area (Å²) in [5.74, 6) is -0.345. The van der Waals surface area contributed by atoms with Crippen LogP contribution in [0, 0.1) is 0 Å². The Morgan fingerprint density at radius 3 is 2.83 bits per heavy atom. The van der Waals surface area contributed by atoms with Gasteiger partial charge in [-0.3, -0.25) is 9.78 Å². The average molecular weight is 522 g/mol. The van der Waals surface area contributed by atoms with E-state index in [1.54, 1.807) is 12.3 Å². The topological polar surface area (TPSA) is 107 Å². The van der Waals surface area contributed by atoms with Crippen LogP contribution in [0.1, 0.15) is 16.7 Å². The lowest BCUT2D eigenvalue weighted by Gasteiger charge is -2.12. The van der Waals surface area contributed by atoms with Gasteiger partial charge in [0.05, 0.1) is 24.9 Å². The van der Waals surface area contributed by atoms with Crippen molar-refractivity contribution in [3.63, 3.8) is 0 Å². The van der Waals surface area contributed by atoms with Gasteiger partial charge in [-0.15, -0.1) is 0 Å². The van der Waals surface area contributed by atoms with Gasteiger partial charge in [0.15, 0.2) is 0 Å². The molecular weight excluding hydrogens is 504 g/mol. The van der Waals surface area contributed by atoms with Crippen LogP contribution in [-0.2, 0) is 16.7 Å². The van der Waals surface area contributed by atoms with Crippen LogP contribution in [0.4, 0.5) is 5.69 Å². The van der Waals surface area contributed by atoms with Crippen LogP contribution in [0.25, 0.3) is 10.9 Å². The highest BCUT2D eigenvalue weighted by Gasteiger charge is 2.14. The molecule has 7 nitrogen and oxygen atoms in total. The van der Waals surface area contributed by atoms with E-state index in [1.165, 1.54) is 6.21 Å². The smallest absolute Gasteiger partial charge is 0.259 e. The molecule has 0 radical (unpaired) electrons. The lowest BCUT2D eigenvalue weighted by atomic mass is 10.0. The third kappa shape index (κ3) is 4.92. The molecule has 1 heterocycles. The van der Waals surface area contributed by atoms with Gasteiger partial charge < -0.3 is 15.5 Å². The molecule has 0 saturated carbocycles. The molecule has 0 saturated heterocycles. The van der Waals surface area contributed by atoms with Crippen molar-refractivity contribution in [1.82, 2.24) is 10.4 Å². The number of nitrogens with zero attached hydrogens (tertiary/aromatic N) is 2. The molecule has 29 heavy (non-hydrogen) atoms. The van der Waals surface area contributed by atoms with Gasteiger partial charge in [-0.05, 0) is 35.9 Å². The van der Waals surface area contributed by atoms with E-state index in [4.69, 9.17) is 0 Å². The van der Waals surface area contributed by atoms with Crippen molar-refractivity contribution in [2.45, 2.75) is 11.9 Å². The summed E-state index contributed by atoms with van der Waals surface area (Å²) >= 11 is 6.67. The maximum atomic E-state index is 12.1. The summed E-state index contributed by atoms with van der Waals surface area (Å²) in [5, 5.41) is 28.1. The second-order valence-corrected chi connectivity index (χ2v) is 7.48. The molecular formula is C20H18Br2N4O3. The minimum absolute atomic E-state index is 0.00601. The first kappa shape index (κ1) is 21.2. The van der Waals surface area contributed by atoms with Crippen LogP contribution in [0.3, 0.4) is 0 Å². The summed E-state index contributed by atoms with van der Waals surface area (Å²) in [7, 11) is 0. The van der Waals surface area contributed by atoms with E-state index in [0.717, 1.165) is 16.6 Å². The van der Waals surface area contributed by atoms with Gasteiger partial charge in [-0.25, -0.2) is 5.43 Å². The lowest BCUT2D eigenvalue weighted by molar-refractivity contribution is -0.119. The fourth-order valence-corrected chi connectivity index (χ4v) is 4.03. The second kappa shape index (κ2) is 9.82.